The molecule has 0 radical (unpaired) electrons. The minimum absolute atomic E-state index is 0.168. The Hall–Kier alpha value is -2.69. The number of nitrogens with zero attached hydrogens (tertiary/aromatic N) is 2. The van der Waals surface area contributed by atoms with Gasteiger partial charge in [0.05, 0.1) is 5.92 Å². The molecule has 3 aromatic rings. The molecule has 1 unspecified atom stereocenters. The number of anilines is 1. The molecule has 1 aliphatic rings. The summed E-state index contributed by atoms with van der Waals surface area (Å²) in [5, 5.41) is 11.6. The molecule has 0 saturated heterocycles. The Morgan fingerprint density at radius 1 is 1.04 bits per heavy atom. The van der Waals surface area contributed by atoms with Crippen LogP contribution in [0.1, 0.15) is 56.4 Å². The molecule has 5 heteroatoms. The van der Waals surface area contributed by atoms with Crippen molar-refractivity contribution in [3.63, 3.8) is 0 Å². The Balaban J connectivity index is 1.49. The van der Waals surface area contributed by atoms with E-state index in [0.717, 1.165) is 24.0 Å². The van der Waals surface area contributed by atoms with Crippen molar-refractivity contribution in [3.05, 3.63) is 65.8 Å². The average Bonchev–Trinajstić information content (AvgIpc) is 3.17. The summed E-state index contributed by atoms with van der Waals surface area (Å²) in [6, 6.07) is 15.7. The van der Waals surface area contributed by atoms with Gasteiger partial charge in [0.25, 0.3) is 0 Å². The molecule has 2 aromatic carbocycles. The van der Waals surface area contributed by atoms with Gasteiger partial charge >= 0.3 is 6.01 Å². The maximum absolute atomic E-state index is 14.6. The van der Waals surface area contributed by atoms with E-state index in [1.54, 1.807) is 6.07 Å². The first kappa shape index (κ1) is 17.7. The lowest BCUT2D eigenvalue weighted by atomic mass is 9.96. The number of hydrogen-bond donors (Lipinski definition) is 1. The third-order valence-corrected chi connectivity index (χ3v) is 5.32. The van der Waals surface area contributed by atoms with Crippen molar-refractivity contribution in [2.75, 3.05) is 5.32 Å². The Morgan fingerprint density at radius 2 is 1.81 bits per heavy atom. The highest BCUT2D eigenvalue weighted by Crippen LogP contribution is 2.30. The fourth-order valence-electron chi connectivity index (χ4n) is 3.68. The molecular weight excluding hydrogens is 341 g/mol. The van der Waals surface area contributed by atoms with Crippen LogP contribution in [-0.4, -0.2) is 16.2 Å². The molecule has 0 bridgehead atoms. The van der Waals surface area contributed by atoms with E-state index in [0.29, 0.717) is 23.5 Å². The molecule has 140 valence electrons. The molecule has 0 amide bonds. The second-order valence-corrected chi connectivity index (χ2v) is 7.25. The molecule has 1 fully saturated rings. The fraction of sp³-hybridized carbons (Fsp3) is 0.364. The van der Waals surface area contributed by atoms with Gasteiger partial charge < -0.3 is 9.73 Å². The average molecular weight is 365 g/mol. The zero-order valence-electron chi connectivity index (χ0n) is 15.5. The largest absolute Gasteiger partial charge is 0.407 e. The van der Waals surface area contributed by atoms with E-state index >= 15 is 0 Å². The molecule has 1 N–H and O–H groups in total. The molecule has 1 heterocycles. The maximum Gasteiger partial charge on any atom is 0.315 e. The molecule has 27 heavy (non-hydrogen) atoms. The first-order chi connectivity index (χ1) is 13.2. The molecule has 4 rings (SSSR count). The van der Waals surface area contributed by atoms with Crippen molar-refractivity contribution < 1.29 is 8.81 Å². The predicted octanol–water partition coefficient (Wildman–Crippen LogP) is 5.77. The molecule has 1 aromatic heterocycles. The van der Waals surface area contributed by atoms with Gasteiger partial charge in [-0.05, 0) is 37.0 Å². The van der Waals surface area contributed by atoms with Gasteiger partial charge in [0.1, 0.15) is 5.82 Å². The lowest BCUT2D eigenvalue weighted by molar-refractivity contribution is 0.437. The standard InChI is InChI=1S/C22H24FN3O/c1-15(21-25-26-22(27-21)24-18-10-6-3-7-11-18)17-12-13-19(20(23)14-17)16-8-4-2-5-9-16/h2,4-5,8-9,12-15,18H,3,6-7,10-11H2,1H3,(H,24,26). The van der Waals surface area contributed by atoms with E-state index in [1.165, 1.54) is 19.3 Å². The van der Waals surface area contributed by atoms with Crippen molar-refractivity contribution in [1.29, 1.82) is 0 Å². The Kier molecular flexibility index (Phi) is 5.19. The molecular formula is C22H24FN3O. The smallest absolute Gasteiger partial charge is 0.315 e. The van der Waals surface area contributed by atoms with E-state index in [-0.39, 0.29) is 11.7 Å². The zero-order chi connectivity index (χ0) is 18.6. The lowest BCUT2D eigenvalue weighted by Crippen LogP contribution is -2.22. The summed E-state index contributed by atoms with van der Waals surface area (Å²) >= 11 is 0. The van der Waals surface area contributed by atoms with Gasteiger partial charge in [-0.25, -0.2) is 4.39 Å². The first-order valence-electron chi connectivity index (χ1n) is 9.65. The van der Waals surface area contributed by atoms with Gasteiger partial charge in [-0.1, -0.05) is 66.8 Å². The Morgan fingerprint density at radius 3 is 2.56 bits per heavy atom. The van der Waals surface area contributed by atoms with Crippen molar-refractivity contribution in [3.8, 4) is 11.1 Å². The van der Waals surface area contributed by atoms with Crippen LogP contribution in [0.5, 0.6) is 0 Å². The predicted molar refractivity (Wildman–Crippen MR) is 104 cm³/mol. The van der Waals surface area contributed by atoms with E-state index in [2.05, 4.69) is 15.5 Å². The summed E-state index contributed by atoms with van der Waals surface area (Å²) in [5.74, 6) is 0.0875. The third-order valence-electron chi connectivity index (χ3n) is 5.32. The van der Waals surface area contributed by atoms with Crippen LogP contribution in [-0.2, 0) is 0 Å². The van der Waals surface area contributed by atoms with Crippen molar-refractivity contribution in [1.82, 2.24) is 10.2 Å². The van der Waals surface area contributed by atoms with Crippen LogP contribution in [0.15, 0.2) is 52.9 Å². The maximum atomic E-state index is 14.6. The second-order valence-electron chi connectivity index (χ2n) is 7.25. The molecule has 1 atom stereocenters. The first-order valence-corrected chi connectivity index (χ1v) is 9.65. The van der Waals surface area contributed by atoms with E-state index in [1.807, 2.05) is 49.4 Å². The van der Waals surface area contributed by atoms with Gasteiger partial charge in [-0.3, -0.25) is 0 Å². The van der Waals surface area contributed by atoms with Gasteiger partial charge in [-0.15, -0.1) is 5.10 Å². The summed E-state index contributed by atoms with van der Waals surface area (Å²) in [6.45, 7) is 1.95. The van der Waals surface area contributed by atoms with E-state index in [9.17, 15) is 4.39 Å². The summed E-state index contributed by atoms with van der Waals surface area (Å²) in [6.07, 6.45) is 6.05. The molecule has 0 aliphatic heterocycles. The van der Waals surface area contributed by atoms with Crippen molar-refractivity contribution in [2.45, 2.75) is 51.0 Å². The highest BCUT2D eigenvalue weighted by atomic mass is 19.1. The van der Waals surface area contributed by atoms with Crippen LogP contribution in [0.25, 0.3) is 11.1 Å². The minimum atomic E-state index is -0.245. The van der Waals surface area contributed by atoms with Gasteiger partial charge in [0.2, 0.25) is 5.89 Å². The van der Waals surface area contributed by atoms with Crippen LogP contribution in [0.2, 0.25) is 0 Å². The molecule has 0 spiro atoms. The normalized spacial score (nSPS) is 16.2. The van der Waals surface area contributed by atoms with E-state index in [4.69, 9.17) is 4.42 Å². The quantitative estimate of drug-likeness (QED) is 0.623. The number of halogens is 1. The van der Waals surface area contributed by atoms with Crippen LogP contribution in [0, 0.1) is 5.82 Å². The summed E-state index contributed by atoms with van der Waals surface area (Å²) in [7, 11) is 0. The lowest BCUT2D eigenvalue weighted by Gasteiger charge is -2.21. The van der Waals surface area contributed by atoms with Crippen molar-refractivity contribution >= 4 is 6.01 Å². The monoisotopic (exact) mass is 365 g/mol. The number of benzene rings is 2. The van der Waals surface area contributed by atoms with Crippen molar-refractivity contribution in [2.24, 2.45) is 0 Å². The Labute approximate surface area is 158 Å². The number of rotatable bonds is 5. The molecule has 1 aliphatic carbocycles. The van der Waals surface area contributed by atoms with Crippen LogP contribution >= 0.6 is 0 Å². The second kappa shape index (κ2) is 7.91. The van der Waals surface area contributed by atoms with Crippen LogP contribution in [0.4, 0.5) is 10.4 Å². The summed E-state index contributed by atoms with van der Waals surface area (Å²) in [5.41, 5.74) is 2.28. The summed E-state index contributed by atoms with van der Waals surface area (Å²) in [4.78, 5) is 0. The highest BCUT2D eigenvalue weighted by Gasteiger charge is 2.20. The van der Waals surface area contributed by atoms with Gasteiger partial charge in [0, 0.05) is 11.6 Å². The minimum Gasteiger partial charge on any atom is -0.407 e. The SMILES string of the molecule is CC(c1ccc(-c2ccccc2)c(F)c1)c1nnc(NC2CCCCC2)o1. The number of aromatic nitrogens is 2. The zero-order valence-corrected chi connectivity index (χ0v) is 15.5. The highest BCUT2D eigenvalue weighted by molar-refractivity contribution is 5.64. The van der Waals surface area contributed by atoms with Gasteiger partial charge in [-0.2, -0.15) is 0 Å². The Bertz CT molecular complexity index is 888. The van der Waals surface area contributed by atoms with Crippen LogP contribution < -0.4 is 5.32 Å². The number of hydrogen-bond acceptors (Lipinski definition) is 4. The summed E-state index contributed by atoms with van der Waals surface area (Å²) < 4.78 is 20.4. The topological polar surface area (TPSA) is 51.0 Å². The number of nitrogens with one attached hydrogen (secondary N) is 1. The van der Waals surface area contributed by atoms with Crippen LogP contribution in [0.3, 0.4) is 0 Å². The molecule has 4 nitrogen and oxygen atoms in total. The fourth-order valence-corrected chi connectivity index (χ4v) is 3.68. The third kappa shape index (κ3) is 4.02. The molecule has 1 saturated carbocycles. The van der Waals surface area contributed by atoms with E-state index < -0.39 is 0 Å². The van der Waals surface area contributed by atoms with Gasteiger partial charge in [0.15, 0.2) is 0 Å².